The zero-order chi connectivity index (χ0) is 21.5. The van der Waals surface area contributed by atoms with Crippen molar-refractivity contribution in [2.75, 3.05) is 19.7 Å². The summed E-state index contributed by atoms with van der Waals surface area (Å²) in [4.78, 5) is 8.72. The minimum Gasteiger partial charge on any atom is -0.492 e. The van der Waals surface area contributed by atoms with Gasteiger partial charge in [-0.25, -0.2) is 9.97 Å². The van der Waals surface area contributed by atoms with Crippen molar-refractivity contribution in [1.29, 1.82) is 0 Å². The molecule has 0 saturated heterocycles. The first-order valence-electron chi connectivity index (χ1n) is 9.93. The molecule has 2 N–H and O–H groups in total. The third-order valence-corrected chi connectivity index (χ3v) is 5.81. The summed E-state index contributed by atoms with van der Waals surface area (Å²) in [6, 6.07) is 21.6. The van der Waals surface area contributed by atoms with Crippen molar-refractivity contribution in [3.63, 3.8) is 0 Å². The number of nitrogens with zero attached hydrogens (tertiary/aromatic N) is 2. The molecular weight excluding hydrogens is 430 g/mol. The molecule has 5 nitrogen and oxygen atoms in total. The second kappa shape index (κ2) is 10.5. The number of hydrogen-bond donors (Lipinski definition) is 2. The summed E-state index contributed by atoms with van der Waals surface area (Å²) in [6.45, 7) is 1.53. The molecule has 1 atom stereocenters. The number of nitrogens with one attached hydrogen (secondary N) is 1. The molecule has 158 valence electrons. The van der Waals surface area contributed by atoms with Gasteiger partial charge in [0.25, 0.3) is 0 Å². The van der Waals surface area contributed by atoms with Crippen molar-refractivity contribution in [1.82, 2.24) is 15.3 Å². The van der Waals surface area contributed by atoms with Gasteiger partial charge < -0.3 is 15.2 Å². The largest absolute Gasteiger partial charge is 0.492 e. The van der Waals surface area contributed by atoms with Crippen LogP contribution in [0.2, 0.25) is 5.15 Å². The molecule has 2 aromatic heterocycles. The molecule has 2 aromatic carbocycles. The smallest absolute Gasteiger partial charge is 0.129 e. The average molecular weight is 452 g/mol. The normalized spacial score (nSPS) is 11.9. The molecule has 0 fully saturated rings. The molecule has 0 amide bonds. The number of ether oxygens (including phenoxy) is 1. The summed E-state index contributed by atoms with van der Waals surface area (Å²) in [5, 5.41) is 16.8. The minimum atomic E-state index is -0.636. The highest BCUT2D eigenvalue weighted by molar-refractivity contribution is 7.13. The average Bonchev–Trinajstić information content (AvgIpc) is 3.30. The molecule has 0 aliphatic heterocycles. The van der Waals surface area contributed by atoms with Crippen LogP contribution in [0.3, 0.4) is 0 Å². The predicted molar refractivity (Wildman–Crippen MR) is 126 cm³/mol. The first-order valence-corrected chi connectivity index (χ1v) is 11.2. The Bertz CT molecular complexity index is 1090. The molecule has 0 saturated carbocycles. The number of benzene rings is 2. The van der Waals surface area contributed by atoms with Crippen LogP contribution in [0, 0.1) is 0 Å². The van der Waals surface area contributed by atoms with Gasteiger partial charge in [-0.15, -0.1) is 11.3 Å². The van der Waals surface area contributed by atoms with Gasteiger partial charge in [-0.1, -0.05) is 48.0 Å². The van der Waals surface area contributed by atoms with E-state index in [9.17, 15) is 5.11 Å². The van der Waals surface area contributed by atoms with Gasteiger partial charge in [-0.05, 0) is 30.3 Å². The van der Waals surface area contributed by atoms with Crippen molar-refractivity contribution in [2.24, 2.45) is 0 Å². The lowest BCUT2D eigenvalue weighted by Gasteiger charge is -2.12. The van der Waals surface area contributed by atoms with Gasteiger partial charge in [0.05, 0.1) is 11.8 Å². The summed E-state index contributed by atoms with van der Waals surface area (Å²) in [6.07, 6.45) is 0.945. The van der Waals surface area contributed by atoms with Gasteiger partial charge >= 0.3 is 0 Å². The minimum absolute atomic E-state index is 0.412. The maximum absolute atomic E-state index is 10.1. The zero-order valence-corrected chi connectivity index (χ0v) is 18.3. The van der Waals surface area contributed by atoms with Crippen LogP contribution >= 0.6 is 22.9 Å². The number of aliphatic hydroxyl groups is 1. The highest BCUT2D eigenvalue weighted by Gasteiger charge is 2.08. The van der Waals surface area contributed by atoms with Gasteiger partial charge in [0.15, 0.2) is 0 Å². The van der Waals surface area contributed by atoms with Crippen LogP contribution < -0.4 is 10.1 Å². The Balaban J connectivity index is 1.23. The number of halogens is 1. The lowest BCUT2D eigenvalue weighted by molar-refractivity contribution is 0.171. The lowest BCUT2D eigenvalue weighted by atomic mass is 10.1. The Kier molecular flexibility index (Phi) is 7.27. The fourth-order valence-electron chi connectivity index (χ4n) is 3.02. The van der Waals surface area contributed by atoms with Crippen LogP contribution in [0.1, 0.15) is 11.7 Å². The summed E-state index contributed by atoms with van der Waals surface area (Å²) in [7, 11) is 0. The van der Waals surface area contributed by atoms with Crippen LogP contribution in [0.25, 0.3) is 21.8 Å². The Morgan fingerprint density at radius 1 is 1.00 bits per heavy atom. The van der Waals surface area contributed by atoms with Gasteiger partial charge in [-0.3, -0.25) is 0 Å². The fourth-order valence-corrected chi connectivity index (χ4v) is 3.97. The zero-order valence-electron chi connectivity index (χ0n) is 16.7. The molecule has 0 bridgehead atoms. The summed E-state index contributed by atoms with van der Waals surface area (Å²) in [5.41, 5.74) is 3.88. The van der Waals surface area contributed by atoms with E-state index in [4.69, 9.17) is 21.3 Å². The van der Waals surface area contributed by atoms with E-state index >= 15 is 0 Å². The van der Waals surface area contributed by atoms with E-state index in [1.807, 2.05) is 42.5 Å². The highest BCUT2D eigenvalue weighted by Crippen LogP contribution is 2.29. The number of aromatic nitrogens is 2. The van der Waals surface area contributed by atoms with E-state index in [-0.39, 0.29) is 0 Å². The number of hydrogen-bond acceptors (Lipinski definition) is 6. The van der Waals surface area contributed by atoms with Crippen molar-refractivity contribution in [3.8, 4) is 27.6 Å². The molecule has 4 rings (SSSR count). The number of aliphatic hydroxyl groups excluding tert-OH is 1. The molecule has 0 radical (unpaired) electrons. The summed E-state index contributed by atoms with van der Waals surface area (Å²) in [5.74, 6) is 0.798. The van der Waals surface area contributed by atoms with E-state index in [0.717, 1.165) is 33.1 Å². The first-order chi connectivity index (χ1) is 15.2. The van der Waals surface area contributed by atoms with Gasteiger partial charge in [-0.2, -0.15) is 0 Å². The van der Waals surface area contributed by atoms with Gasteiger partial charge in [0.2, 0.25) is 0 Å². The van der Waals surface area contributed by atoms with Crippen molar-refractivity contribution >= 4 is 22.9 Å². The Morgan fingerprint density at radius 3 is 2.55 bits per heavy atom. The Labute approximate surface area is 190 Å². The first kappa shape index (κ1) is 21.5. The second-order valence-electron chi connectivity index (χ2n) is 6.91. The van der Waals surface area contributed by atoms with E-state index in [2.05, 4.69) is 27.8 Å². The second-order valence-corrected chi connectivity index (χ2v) is 8.16. The van der Waals surface area contributed by atoms with Crippen molar-refractivity contribution in [2.45, 2.75) is 6.10 Å². The molecule has 7 heteroatoms. The molecule has 0 aliphatic carbocycles. The monoisotopic (exact) mass is 451 g/mol. The van der Waals surface area contributed by atoms with Crippen LogP contribution in [0.5, 0.6) is 5.75 Å². The Morgan fingerprint density at radius 2 is 1.81 bits per heavy atom. The van der Waals surface area contributed by atoms with Crippen molar-refractivity contribution < 1.29 is 9.84 Å². The van der Waals surface area contributed by atoms with Crippen LogP contribution in [0.15, 0.2) is 78.3 Å². The van der Waals surface area contributed by atoms with Crippen LogP contribution in [-0.2, 0) is 0 Å². The van der Waals surface area contributed by atoms with E-state index in [1.165, 1.54) is 0 Å². The molecule has 31 heavy (non-hydrogen) atoms. The lowest BCUT2D eigenvalue weighted by Crippen LogP contribution is -2.26. The third kappa shape index (κ3) is 5.89. The third-order valence-electron chi connectivity index (χ3n) is 4.70. The molecule has 2 heterocycles. The van der Waals surface area contributed by atoms with Crippen molar-refractivity contribution in [3.05, 3.63) is 89.0 Å². The summed E-state index contributed by atoms with van der Waals surface area (Å²) < 4.78 is 5.78. The standard InChI is InChI=1S/C24H22ClN3O2S/c25-23-11-8-19(14-27-23)22(29)15-26-12-13-30-20-9-6-17(7-10-20)21-16-31-24(28-21)18-4-2-1-3-5-18/h1-11,14,16,22,26,29H,12-13,15H2. The van der Waals surface area contributed by atoms with Gasteiger partial charge in [0, 0.05) is 41.4 Å². The number of rotatable bonds is 9. The number of thiazole rings is 1. The molecule has 0 aliphatic rings. The maximum Gasteiger partial charge on any atom is 0.129 e. The maximum atomic E-state index is 10.1. The number of pyridine rings is 1. The molecule has 4 aromatic rings. The molecular formula is C24H22ClN3O2S. The van der Waals surface area contributed by atoms with E-state index < -0.39 is 6.10 Å². The van der Waals surface area contributed by atoms with Gasteiger partial charge in [0.1, 0.15) is 22.5 Å². The van der Waals surface area contributed by atoms with Crippen LogP contribution in [-0.4, -0.2) is 34.8 Å². The quantitative estimate of drug-likeness (QED) is 0.269. The highest BCUT2D eigenvalue weighted by atomic mass is 35.5. The topological polar surface area (TPSA) is 67.3 Å². The van der Waals surface area contributed by atoms with Crippen LogP contribution in [0.4, 0.5) is 0 Å². The van der Waals surface area contributed by atoms with E-state index in [1.54, 1.807) is 29.7 Å². The fraction of sp³-hybridized carbons (Fsp3) is 0.167. The SMILES string of the molecule is OC(CNCCOc1ccc(-c2csc(-c3ccccc3)n2)cc1)c1ccc(Cl)nc1. The Hall–Kier alpha value is -2.77. The predicted octanol–water partition coefficient (Wildman–Crippen LogP) is 5.23. The molecule has 1 unspecified atom stereocenters. The molecule has 0 spiro atoms. The summed E-state index contributed by atoms with van der Waals surface area (Å²) >= 11 is 7.40. The van der Waals surface area contributed by atoms with E-state index in [0.29, 0.717) is 24.8 Å².